The van der Waals surface area contributed by atoms with E-state index in [0.29, 0.717) is 85.3 Å². The van der Waals surface area contributed by atoms with Gasteiger partial charge in [0.15, 0.2) is 5.78 Å². The van der Waals surface area contributed by atoms with Crippen LogP contribution in [0.1, 0.15) is 205 Å². The first-order chi connectivity index (χ1) is 38.5. The summed E-state index contributed by atoms with van der Waals surface area (Å²) in [5, 5.41) is 32.8. The van der Waals surface area contributed by atoms with Gasteiger partial charge in [0.2, 0.25) is 0 Å². The number of fused-ring (bicyclic) bond motifs is 1. The van der Waals surface area contributed by atoms with E-state index in [1.165, 1.54) is 11.3 Å². The minimum atomic E-state index is 0.124. The van der Waals surface area contributed by atoms with Crippen LogP contribution in [0.2, 0.25) is 15.1 Å². The fourth-order valence-electron chi connectivity index (χ4n) is 10.7. The summed E-state index contributed by atoms with van der Waals surface area (Å²) in [5.41, 5.74) is 7.83. The number of halogens is 3. The van der Waals surface area contributed by atoms with Crippen molar-refractivity contribution in [3.63, 3.8) is 0 Å². The number of imidazole rings is 1. The van der Waals surface area contributed by atoms with Gasteiger partial charge in [-0.1, -0.05) is 74.6 Å². The number of carbonyl (C=O) groups excluding carboxylic acids is 1. The minimum absolute atomic E-state index is 0.124. The maximum atomic E-state index is 12.5. The molecule has 15 heteroatoms. The highest BCUT2D eigenvalue weighted by Crippen LogP contribution is 2.38. The number of nitrogens with one attached hydrogen (secondary N) is 1. The number of pyridine rings is 1. The van der Waals surface area contributed by atoms with E-state index >= 15 is 0 Å². The Bertz CT molecular complexity index is 3330. The number of nitriles is 3. The van der Waals surface area contributed by atoms with E-state index < -0.39 is 0 Å². The molecule has 10 rings (SSSR count). The first kappa shape index (κ1) is 59.2. The van der Waals surface area contributed by atoms with Crippen molar-refractivity contribution in [3.8, 4) is 35.5 Å². The molecule has 0 saturated heterocycles. The van der Waals surface area contributed by atoms with Crippen LogP contribution >= 0.6 is 34.8 Å². The number of carbonyl (C=O) groups is 1. The van der Waals surface area contributed by atoms with E-state index in [9.17, 15) is 4.79 Å². The van der Waals surface area contributed by atoms with Crippen LogP contribution in [0.4, 0.5) is 0 Å². The van der Waals surface area contributed by atoms with Crippen LogP contribution in [-0.2, 0) is 0 Å². The molecule has 12 nitrogen and oxygen atoms in total. The summed E-state index contributed by atoms with van der Waals surface area (Å²) in [6, 6.07) is 34.8. The fraction of sp³-hybridized carbons (Fsp3) is 0.431. The minimum Gasteiger partial charge on any atom is -0.490 e. The summed E-state index contributed by atoms with van der Waals surface area (Å²) in [7, 11) is 0. The van der Waals surface area contributed by atoms with Crippen LogP contribution in [0.5, 0.6) is 17.2 Å². The van der Waals surface area contributed by atoms with Crippen molar-refractivity contribution in [1.82, 2.24) is 24.7 Å². The van der Waals surface area contributed by atoms with E-state index in [2.05, 4.69) is 94.1 Å². The van der Waals surface area contributed by atoms with Crippen molar-refractivity contribution < 1.29 is 19.0 Å². The van der Waals surface area contributed by atoms with E-state index in [0.717, 1.165) is 111 Å². The largest absolute Gasteiger partial charge is 0.490 e. The molecule has 80 heavy (non-hydrogen) atoms. The average molecular weight is 1130 g/mol. The third-order valence-corrected chi connectivity index (χ3v) is 16.5. The van der Waals surface area contributed by atoms with Crippen LogP contribution in [0.15, 0.2) is 103 Å². The van der Waals surface area contributed by atoms with Crippen LogP contribution in [0.25, 0.3) is 11.0 Å². The van der Waals surface area contributed by atoms with Crippen molar-refractivity contribution in [2.75, 3.05) is 0 Å². The number of aromatic nitrogens is 5. The lowest BCUT2D eigenvalue weighted by molar-refractivity contribution is 0.0897. The summed E-state index contributed by atoms with van der Waals surface area (Å²) >= 11 is 18.2. The van der Waals surface area contributed by atoms with Gasteiger partial charge in [-0.2, -0.15) is 20.9 Å². The standard InChI is InChI=1S/C23H24ClN3O.C23H25ClN2O2.C19H22ClN3O/c1-14(2)16-6-10-21-22(11-16)27-23(26-21)15-3-7-18(8-4-15)28-19-9-5-17(13-25)20(24)12-19;1-15(2)18-6-10-22(26-14-18)23(27)11-16-3-7-19(8-4-16)28-20-9-5-17(13-25)21(24)12-20;1-13(2)23-10-9-19(22-23)14-3-6-16(7-4-14)24-17-8-5-15(12-21)18(20)11-17/h5-6,9-12,14-15,18H,3-4,7-8H2,1-2H3,(H,26,27);5-6,9-10,12,14-16,19H,3-4,7-8,11H2,1-2H3;5,8-11,13-14,16H,3-4,6-7H2,1-2H3. The van der Waals surface area contributed by atoms with Gasteiger partial charge < -0.3 is 19.2 Å². The Morgan fingerprint density at radius 2 is 1.07 bits per heavy atom. The van der Waals surface area contributed by atoms with Crippen molar-refractivity contribution in [1.29, 1.82) is 15.8 Å². The van der Waals surface area contributed by atoms with Gasteiger partial charge in [-0.05, 0) is 180 Å². The van der Waals surface area contributed by atoms with Gasteiger partial charge in [0.1, 0.15) is 47.0 Å². The molecule has 0 bridgehead atoms. The lowest BCUT2D eigenvalue weighted by Crippen LogP contribution is -2.25. The fourth-order valence-corrected chi connectivity index (χ4v) is 11.3. The van der Waals surface area contributed by atoms with Gasteiger partial charge >= 0.3 is 0 Å². The monoisotopic (exact) mass is 1130 g/mol. The predicted octanol–water partition coefficient (Wildman–Crippen LogP) is 17.4. The van der Waals surface area contributed by atoms with Gasteiger partial charge in [-0.15, -0.1) is 0 Å². The number of rotatable bonds is 14. The van der Waals surface area contributed by atoms with Gasteiger partial charge in [0.25, 0.3) is 0 Å². The Hall–Kier alpha value is -6.88. The lowest BCUT2D eigenvalue weighted by atomic mass is 9.83. The number of H-pyrrole nitrogens is 1. The number of benzene rings is 4. The molecule has 7 aromatic rings. The molecule has 0 spiro atoms. The van der Waals surface area contributed by atoms with E-state index in [-0.39, 0.29) is 24.1 Å². The molecule has 3 aromatic heterocycles. The zero-order valence-electron chi connectivity index (χ0n) is 46.6. The van der Waals surface area contributed by atoms with Crippen molar-refractivity contribution >= 4 is 51.6 Å². The quantitative estimate of drug-likeness (QED) is 0.103. The van der Waals surface area contributed by atoms with Crippen LogP contribution in [-0.4, -0.2) is 48.8 Å². The maximum Gasteiger partial charge on any atom is 0.181 e. The summed E-state index contributed by atoms with van der Waals surface area (Å²) in [4.78, 5) is 25.3. The molecule has 3 heterocycles. The molecule has 3 aliphatic carbocycles. The zero-order chi connectivity index (χ0) is 56.9. The number of hydrogen-bond acceptors (Lipinski definition) is 10. The topological polar surface area (TPSA) is 176 Å². The summed E-state index contributed by atoms with van der Waals surface area (Å²) in [5.74, 6) is 5.66. The molecule has 3 fully saturated rings. The Balaban J connectivity index is 0.000000158. The maximum absolute atomic E-state index is 12.5. The summed E-state index contributed by atoms with van der Waals surface area (Å²) < 4.78 is 20.2. The molecular weight excluding hydrogens is 1060 g/mol. The molecule has 3 saturated carbocycles. The molecule has 0 unspecified atom stereocenters. The molecule has 0 amide bonds. The molecule has 0 radical (unpaired) electrons. The zero-order valence-corrected chi connectivity index (χ0v) is 48.9. The molecule has 1 N–H and O–H groups in total. The molecule has 0 atom stereocenters. The van der Waals surface area contributed by atoms with Gasteiger partial charge in [-0.25, -0.2) is 4.98 Å². The van der Waals surface area contributed by atoms with Crippen molar-refractivity contribution in [2.24, 2.45) is 5.92 Å². The first-order valence-corrected chi connectivity index (χ1v) is 29.3. The third kappa shape index (κ3) is 15.9. The second-order valence-corrected chi connectivity index (χ2v) is 23.6. The van der Waals surface area contributed by atoms with E-state index in [4.69, 9.17) is 74.9 Å². The molecule has 4 aromatic carbocycles. The number of aromatic amines is 1. The normalized spacial score (nSPS) is 19.9. The average Bonchev–Trinajstić information content (AvgIpc) is 4.14. The molecular formula is C65H71Cl3N8O4. The van der Waals surface area contributed by atoms with Crippen molar-refractivity contribution in [3.05, 3.63) is 163 Å². The van der Waals surface area contributed by atoms with E-state index in [1.54, 1.807) is 42.5 Å². The molecule has 0 aliphatic heterocycles. The lowest BCUT2D eigenvalue weighted by Gasteiger charge is -2.28. The van der Waals surface area contributed by atoms with Gasteiger partial charge in [-0.3, -0.25) is 14.5 Å². The Labute approximate surface area is 486 Å². The summed E-state index contributed by atoms with van der Waals surface area (Å²) in [6.07, 6.45) is 16.9. The smallest absolute Gasteiger partial charge is 0.181 e. The number of hydrogen-bond donors (Lipinski definition) is 1. The number of nitrogens with zero attached hydrogens (tertiary/aromatic N) is 7. The Kier molecular flexibility index (Phi) is 20.7. The second-order valence-electron chi connectivity index (χ2n) is 22.3. The molecule has 3 aliphatic rings. The predicted molar refractivity (Wildman–Crippen MR) is 316 cm³/mol. The van der Waals surface area contributed by atoms with Gasteiger partial charge in [0, 0.05) is 54.9 Å². The first-order valence-electron chi connectivity index (χ1n) is 28.2. The number of ether oxygens (including phenoxy) is 3. The second kappa shape index (κ2) is 28.0. The highest BCUT2D eigenvalue weighted by Gasteiger charge is 2.29. The Morgan fingerprint density at radius 3 is 1.50 bits per heavy atom. The van der Waals surface area contributed by atoms with Crippen LogP contribution in [0, 0.1) is 39.9 Å². The number of Topliss-reactive ketones (excluding diaryl/α,β-unsaturated/α-hetero) is 1. The third-order valence-electron chi connectivity index (χ3n) is 15.6. The SMILES string of the molecule is CC(C)c1ccc(C(=O)CC2CCC(Oc3ccc(C#N)c(Cl)c3)CC2)nc1.CC(C)c1ccc2nc(C3CCC(Oc4ccc(C#N)c(Cl)c4)CC3)[nH]c2c1.CC(C)n1ccc(C2CCC(Oc3ccc(C#N)c(Cl)c3)CC2)n1. The van der Waals surface area contributed by atoms with E-state index in [1.807, 2.05) is 41.2 Å². The van der Waals surface area contributed by atoms with Crippen LogP contribution < -0.4 is 14.2 Å². The van der Waals surface area contributed by atoms with Gasteiger partial charge in [0.05, 0.1) is 66.8 Å². The highest BCUT2D eigenvalue weighted by atomic mass is 35.5. The molecule has 416 valence electrons. The summed E-state index contributed by atoms with van der Waals surface area (Å²) in [6.45, 7) is 12.9. The number of ketones is 1. The highest BCUT2D eigenvalue weighted by molar-refractivity contribution is 6.32. The Morgan fingerprint density at radius 1 is 0.600 bits per heavy atom. The van der Waals surface area contributed by atoms with Crippen molar-refractivity contribution in [2.45, 2.75) is 173 Å². The van der Waals surface area contributed by atoms with Crippen LogP contribution in [0.3, 0.4) is 0 Å².